The quantitative estimate of drug-likeness (QED) is 0.244. The molecule has 0 spiro atoms. The highest BCUT2D eigenvalue weighted by molar-refractivity contribution is 6.42. The van der Waals surface area contributed by atoms with Gasteiger partial charge in [0.05, 0.1) is 32.6 Å². The molecule has 0 aliphatic heterocycles. The number of carbonyl (C=O) groups excluding carboxylic acids is 1. The Balaban J connectivity index is 0.000000415. The number of urea groups is 1. The molecule has 2 amide bonds. The predicted octanol–water partition coefficient (Wildman–Crippen LogP) is 7.17. The van der Waals surface area contributed by atoms with E-state index >= 15 is 0 Å². The van der Waals surface area contributed by atoms with Crippen LogP contribution in [0.15, 0.2) is 30.3 Å². The molecule has 210 valence electrons. The second-order valence-corrected chi connectivity index (χ2v) is 8.42. The van der Waals surface area contributed by atoms with E-state index in [4.69, 9.17) is 28.0 Å². The fourth-order valence-electron chi connectivity index (χ4n) is 3.10. The number of carbonyl (C=O) groups is 1. The molecule has 16 heteroatoms. The first-order valence-corrected chi connectivity index (χ1v) is 11.8. The first-order chi connectivity index (χ1) is 17.7. The molecule has 11 nitrogen and oxygen atoms in total. The Morgan fingerprint density at radius 1 is 1.00 bits per heavy atom. The van der Waals surface area contributed by atoms with E-state index in [2.05, 4.69) is 5.32 Å². The summed E-state index contributed by atoms with van der Waals surface area (Å²) in [6.45, 7) is 4.07. The number of halogens is 5. The highest BCUT2D eigenvalue weighted by atomic mass is 35.5. The standard InChI is InChI=1S/C13H16F3N3O4.C9H10Cl2N2O2/c1-3-5-17(6-4-2)12-10(18(20)21)7-9(13(14,15)16)8-11(12)19(22)23;1-13(15-2)9(14)12-6-3-4-7(10)8(11)5-6/h7-8H,3-6H2,1-2H3;3-5H,1-2H3,(H,12,14). The minimum absolute atomic E-state index is 0.265. The summed E-state index contributed by atoms with van der Waals surface area (Å²) in [5, 5.41) is 26.8. The number of benzene rings is 2. The lowest BCUT2D eigenvalue weighted by Crippen LogP contribution is -2.30. The van der Waals surface area contributed by atoms with Crippen LogP contribution in [0, 0.1) is 20.2 Å². The van der Waals surface area contributed by atoms with Gasteiger partial charge in [-0.3, -0.25) is 25.1 Å². The second kappa shape index (κ2) is 14.5. The van der Waals surface area contributed by atoms with Gasteiger partial charge in [-0.2, -0.15) is 13.2 Å². The molecule has 1 N–H and O–H groups in total. The highest BCUT2D eigenvalue weighted by Crippen LogP contribution is 2.43. The van der Waals surface area contributed by atoms with Crippen molar-refractivity contribution in [3.63, 3.8) is 0 Å². The number of nitro groups is 2. The van der Waals surface area contributed by atoms with E-state index < -0.39 is 39.0 Å². The number of nitrogens with zero attached hydrogens (tertiary/aromatic N) is 4. The zero-order chi connectivity index (χ0) is 29.2. The van der Waals surface area contributed by atoms with Crippen molar-refractivity contribution in [2.45, 2.75) is 32.9 Å². The number of hydrogen-bond acceptors (Lipinski definition) is 7. The third-order valence-corrected chi connectivity index (χ3v) is 5.56. The van der Waals surface area contributed by atoms with Crippen LogP contribution >= 0.6 is 23.2 Å². The number of nitro benzene ring substituents is 2. The summed E-state index contributed by atoms with van der Waals surface area (Å²) in [5.41, 5.74) is -3.05. The van der Waals surface area contributed by atoms with Crippen molar-refractivity contribution >= 4 is 52.0 Å². The molecular weight excluding hydrogens is 558 g/mol. The first-order valence-electron chi connectivity index (χ1n) is 11.0. The van der Waals surface area contributed by atoms with E-state index in [1.54, 1.807) is 32.0 Å². The molecule has 0 radical (unpaired) electrons. The Hall–Kier alpha value is -3.36. The normalized spacial score (nSPS) is 10.8. The van der Waals surface area contributed by atoms with E-state index in [9.17, 15) is 38.2 Å². The van der Waals surface area contributed by atoms with Crippen molar-refractivity contribution in [3.8, 4) is 0 Å². The molecule has 0 aromatic heterocycles. The maximum Gasteiger partial charge on any atom is 0.416 e. The van der Waals surface area contributed by atoms with Crippen LogP contribution in [-0.4, -0.2) is 48.2 Å². The molecule has 2 aromatic carbocycles. The van der Waals surface area contributed by atoms with Crippen molar-refractivity contribution in [2.24, 2.45) is 0 Å². The first kappa shape index (κ1) is 32.7. The van der Waals surface area contributed by atoms with Gasteiger partial charge in [-0.15, -0.1) is 0 Å². The largest absolute Gasteiger partial charge is 0.416 e. The van der Waals surface area contributed by atoms with Gasteiger partial charge in [0, 0.05) is 38.0 Å². The molecule has 0 fully saturated rings. The van der Waals surface area contributed by atoms with Crippen LogP contribution in [0.5, 0.6) is 0 Å². The third kappa shape index (κ3) is 9.19. The van der Waals surface area contributed by atoms with Gasteiger partial charge >= 0.3 is 12.2 Å². The van der Waals surface area contributed by atoms with Crippen LogP contribution in [0.2, 0.25) is 10.0 Å². The molecular formula is C22H26Cl2F3N5O6. The maximum absolute atomic E-state index is 12.8. The van der Waals surface area contributed by atoms with Gasteiger partial charge in [0.2, 0.25) is 0 Å². The third-order valence-electron chi connectivity index (χ3n) is 4.82. The second-order valence-electron chi connectivity index (χ2n) is 7.60. The van der Waals surface area contributed by atoms with E-state index in [0.717, 1.165) is 5.06 Å². The van der Waals surface area contributed by atoms with Crippen LogP contribution in [0.1, 0.15) is 32.3 Å². The Morgan fingerprint density at radius 3 is 1.87 bits per heavy atom. The zero-order valence-electron chi connectivity index (χ0n) is 20.8. The Morgan fingerprint density at radius 2 is 1.50 bits per heavy atom. The molecule has 0 heterocycles. The summed E-state index contributed by atoms with van der Waals surface area (Å²) in [6, 6.07) is 5.12. The van der Waals surface area contributed by atoms with E-state index in [0.29, 0.717) is 40.7 Å². The summed E-state index contributed by atoms with van der Waals surface area (Å²) in [7, 11) is 2.89. The summed E-state index contributed by atoms with van der Waals surface area (Å²) >= 11 is 11.5. The smallest absolute Gasteiger partial charge is 0.360 e. The van der Waals surface area contributed by atoms with Crippen LogP contribution in [0.25, 0.3) is 0 Å². The average Bonchev–Trinajstić information content (AvgIpc) is 2.84. The Bertz CT molecular complexity index is 1110. The van der Waals surface area contributed by atoms with Gasteiger partial charge in [-0.05, 0) is 31.0 Å². The number of anilines is 2. The Kier molecular flexibility index (Phi) is 12.5. The van der Waals surface area contributed by atoms with E-state index in [1.807, 2.05) is 0 Å². The van der Waals surface area contributed by atoms with Gasteiger partial charge in [-0.25, -0.2) is 9.86 Å². The molecule has 0 bridgehead atoms. The lowest BCUT2D eigenvalue weighted by atomic mass is 10.1. The van der Waals surface area contributed by atoms with Crippen LogP contribution < -0.4 is 10.2 Å². The fourth-order valence-corrected chi connectivity index (χ4v) is 3.40. The number of amides is 2. The molecule has 2 aromatic rings. The predicted molar refractivity (Wildman–Crippen MR) is 138 cm³/mol. The molecule has 0 aliphatic carbocycles. The lowest BCUT2D eigenvalue weighted by Gasteiger charge is -2.23. The van der Waals surface area contributed by atoms with Crippen molar-refractivity contribution in [3.05, 3.63) is 66.2 Å². The number of hydroxylamine groups is 2. The van der Waals surface area contributed by atoms with Crippen molar-refractivity contribution in [1.82, 2.24) is 5.06 Å². The summed E-state index contributed by atoms with van der Waals surface area (Å²) in [6.07, 6.45) is -3.83. The monoisotopic (exact) mass is 583 g/mol. The molecule has 2 rings (SSSR count). The number of hydrogen-bond donors (Lipinski definition) is 1. The summed E-state index contributed by atoms with van der Waals surface area (Å²) in [5.74, 6) is 0. The van der Waals surface area contributed by atoms with Crippen LogP contribution in [-0.2, 0) is 11.0 Å². The van der Waals surface area contributed by atoms with Gasteiger partial charge < -0.3 is 10.2 Å². The highest BCUT2D eigenvalue weighted by Gasteiger charge is 2.39. The molecule has 0 aliphatic rings. The SMILES string of the molecule is CCCN(CCC)c1c([N+](=O)[O-])cc(C(F)(F)F)cc1[N+](=O)[O-].CON(C)C(=O)Nc1ccc(Cl)c(Cl)c1. The molecule has 0 unspecified atom stereocenters. The van der Waals surface area contributed by atoms with E-state index in [1.165, 1.54) is 19.1 Å². The minimum Gasteiger partial charge on any atom is -0.360 e. The van der Waals surface area contributed by atoms with Gasteiger partial charge in [-0.1, -0.05) is 37.0 Å². The average molecular weight is 584 g/mol. The van der Waals surface area contributed by atoms with E-state index in [-0.39, 0.29) is 18.8 Å². The van der Waals surface area contributed by atoms with Gasteiger partial charge in [0.1, 0.15) is 0 Å². The lowest BCUT2D eigenvalue weighted by molar-refractivity contribution is -0.393. The topological polar surface area (TPSA) is 131 Å². The van der Waals surface area contributed by atoms with Crippen molar-refractivity contribution in [2.75, 3.05) is 37.5 Å². The molecule has 38 heavy (non-hydrogen) atoms. The molecule has 0 saturated heterocycles. The van der Waals surface area contributed by atoms with Crippen molar-refractivity contribution in [1.29, 1.82) is 0 Å². The number of alkyl halides is 3. The summed E-state index contributed by atoms with van der Waals surface area (Å²) in [4.78, 5) is 37.8. The zero-order valence-corrected chi connectivity index (χ0v) is 22.4. The number of nitrogens with one attached hydrogen (secondary N) is 1. The fraction of sp³-hybridized carbons (Fsp3) is 0.409. The van der Waals surface area contributed by atoms with Crippen LogP contribution in [0.3, 0.4) is 0 Å². The molecule has 0 saturated carbocycles. The maximum atomic E-state index is 12.8. The minimum atomic E-state index is -4.91. The van der Waals surface area contributed by atoms with Crippen molar-refractivity contribution < 1.29 is 32.6 Å². The van der Waals surface area contributed by atoms with Crippen LogP contribution in [0.4, 0.5) is 40.7 Å². The molecule has 0 atom stereocenters. The van der Waals surface area contributed by atoms with Gasteiger partial charge in [0.25, 0.3) is 11.4 Å². The number of rotatable bonds is 9. The Labute approximate surface area is 226 Å². The summed E-state index contributed by atoms with van der Waals surface area (Å²) < 4.78 is 38.5. The van der Waals surface area contributed by atoms with Gasteiger partial charge in [0.15, 0.2) is 5.69 Å².